The molecule has 0 amide bonds. The molecule has 49 heavy (non-hydrogen) atoms. The third-order valence-corrected chi connectivity index (χ3v) is 10.3. The maximum Gasteiger partial charge on any atom is 0.481 e. The predicted molar refractivity (Wildman–Crippen MR) is 156 cm³/mol. The SMILES string of the molecule is CC(=O)OC[C@H](F)C1OC(OP(=O)(O)OP(O)(=S)OC[C@H]2O[C@@H](n3cnc4c(N)ncnc43)[C@H](F)[C@@H]2O)C(OC(C)=O)C(O)C1OC(C)=O. The van der Waals surface area contributed by atoms with E-state index in [0.717, 1.165) is 38.0 Å². The van der Waals surface area contributed by atoms with Crippen LogP contribution in [0.2, 0.25) is 0 Å². The number of carbonyl (C=O) groups is 3. The van der Waals surface area contributed by atoms with Crippen molar-refractivity contribution in [2.45, 2.75) is 82.3 Å². The number of esters is 3. The van der Waals surface area contributed by atoms with Crippen molar-refractivity contribution in [3.63, 3.8) is 0 Å². The fourth-order valence-corrected chi connectivity index (χ4v) is 7.85. The van der Waals surface area contributed by atoms with E-state index in [2.05, 4.69) is 24.0 Å². The summed E-state index contributed by atoms with van der Waals surface area (Å²) in [4.78, 5) is 67.3. The van der Waals surface area contributed by atoms with Gasteiger partial charge in [0.25, 0.3) is 0 Å². The summed E-state index contributed by atoms with van der Waals surface area (Å²) >= 11 is 4.75. The number of nitrogen functional groups attached to an aromatic ring is 1. The molecule has 0 radical (unpaired) electrons. The number of halogens is 2. The number of carbonyl (C=O) groups excluding carboxylic acids is 3. The highest BCUT2D eigenvalue weighted by Gasteiger charge is 2.55. The molecule has 4 heterocycles. The summed E-state index contributed by atoms with van der Waals surface area (Å²) in [5, 5.41) is 21.3. The molecule has 26 heteroatoms. The van der Waals surface area contributed by atoms with Crippen LogP contribution in [0.5, 0.6) is 0 Å². The van der Waals surface area contributed by atoms with Gasteiger partial charge in [0.1, 0.15) is 42.9 Å². The lowest BCUT2D eigenvalue weighted by Crippen LogP contribution is -2.63. The fraction of sp³-hybridized carbons (Fsp3) is 0.652. The van der Waals surface area contributed by atoms with Gasteiger partial charge in [-0.1, -0.05) is 0 Å². The van der Waals surface area contributed by atoms with Gasteiger partial charge in [0.05, 0.1) is 12.9 Å². The molecule has 2 aromatic heterocycles. The Morgan fingerprint density at radius 1 is 1.06 bits per heavy atom. The van der Waals surface area contributed by atoms with Crippen LogP contribution in [0.25, 0.3) is 11.2 Å². The summed E-state index contributed by atoms with van der Waals surface area (Å²) in [6.07, 6.45) is -17.8. The van der Waals surface area contributed by atoms with Crippen LogP contribution in [0.15, 0.2) is 12.7 Å². The first kappa shape index (κ1) is 38.9. The molecular formula is C23H31F2N5O16P2S. The van der Waals surface area contributed by atoms with Crippen molar-refractivity contribution >= 4 is 61.2 Å². The van der Waals surface area contributed by atoms with Crippen LogP contribution in [0.4, 0.5) is 14.6 Å². The predicted octanol–water partition coefficient (Wildman–Crippen LogP) is -0.778. The lowest BCUT2D eigenvalue weighted by molar-refractivity contribution is -0.293. The number of fused-ring (bicyclic) bond motifs is 1. The van der Waals surface area contributed by atoms with Gasteiger partial charge in [-0.3, -0.25) is 23.5 Å². The molecule has 2 aliphatic heterocycles. The Labute approximate surface area is 279 Å². The van der Waals surface area contributed by atoms with Gasteiger partial charge >= 0.3 is 32.4 Å². The van der Waals surface area contributed by atoms with Gasteiger partial charge < -0.3 is 53.9 Å². The first-order valence-corrected chi connectivity index (χ1v) is 17.9. The quantitative estimate of drug-likeness (QED) is 0.0949. The fourth-order valence-electron chi connectivity index (χ4n) is 4.76. The maximum atomic E-state index is 15.1. The average molecular weight is 766 g/mol. The first-order chi connectivity index (χ1) is 22.8. The van der Waals surface area contributed by atoms with Gasteiger partial charge in [0.2, 0.25) is 6.29 Å². The van der Waals surface area contributed by atoms with Crippen LogP contribution in [-0.4, -0.2) is 126 Å². The number of phosphoric ester groups is 1. The lowest BCUT2D eigenvalue weighted by atomic mass is 9.95. The van der Waals surface area contributed by atoms with Gasteiger partial charge in [-0.15, -0.1) is 0 Å². The van der Waals surface area contributed by atoms with Crippen LogP contribution >= 0.6 is 14.5 Å². The Hall–Kier alpha value is -2.86. The Kier molecular flexibility index (Phi) is 12.4. The maximum absolute atomic E-state index is 15.1. The Bertz CT molecular complexity index is 1640. The number of ether oxygens (including phenoxy) is 5. The van der Waals surface area contributed by atoms with Gasteiger partial charge in [0, 0.05) is 20.8 Å². The third kappa shape index (κ3) is 9.48. The van der Waals surface area contributed by atoms with E-state index in [4.69, 9.17) is 45.5 Å². The Morgan fingerprint density at radius 3 is 2.35 bits per heavy atom. The lowest BCUT2D eigenvalue weighted by Gasteiger charge is -2.43. The van der Waals surface area contributed by atoms with Crippen LogP contribution in [0.1, 0.15) is 27.0 Å². The number of nitrogens with two attached hydrogens (primary N) is 1. The van der Waals surface area contributed by atoms with Crippen molar-refractivity contribution in [2.24, 2.45) is 0 Å². The van der Waals surface area contributed by atoms with Gasteiger partial charge in [-0.25, -0.2) is 32.6 Å². The van der Waals surface area contributed by atoms with Crippen LogP contribution in [0, 0.1) is 0 Å². The number of imidazole rings is 1. The number of rotatable bonds is 13. The number of aliphatic hydroxyl groups excluding tert-OH is 2. The minimum atomic E-state index is -5.69. The summed E-state index contributed by atoms with van der Waals surface area (Å²) < 4.78 is 84.0. The zero-order valence-electron chi connectivity index (χ0n) is 25.5. The molecule has 21 nitrogen and oxygen atoms in total. The average Bonchev–Trinajstić information content (AvgIpc) is 3.54. The van der Waals surface area contributed by atoms with E-state index < -0.39 is 107 Å². The van der Waals surface area contributed by atoms with Gasteiger partial charge in [-0.05, 0) is 11.8 Å². The third-order valence-electron chi connectivity index (χ3n) is 6.76. The van der Waals surface area contributed by atoms with Crippen LogP contribution < -0.4 is 5.73 Å². The Morgan fingerprint density at radius 2 is 1.71 bits per heavy atom. The second-order valence-corrected chi connectivity index (χ2v) is 14.8. The van der Waals surface area contributed by atoms with E-state index in [9.17, 15) is 38.9 Å². The molecule has 4 rings (SSSR count). The number of hydrogen-bond acceptors (Lipinski definition) is 19. The molecule has 2 aliphatic rings. The Balaban J connectivity index is 1.46. The second kappa shape index (κ2) is 15.6. The van der Waals surface area contributed by atoms with Gasteiger partial charge in [-0.2, -0.15) is 0 Å². The normalized spacial score (nSPS) is 31.7. The largest absolute Gasteiger partial charge is 0.481 e. The number of hydrogen-bond donors (Lipinski definition) is 5. The number of aliphatic hydroxyl groups is 2. The summed E-state index contributed by atoms with van der Waals surface area (Å²) in [5.74, 6) is -3.09. The molecule has 0 bridgehead atoms. The highest BCUT2D eigenvalue weighted by molar-refractivity contribution is 8.08. The number of phosphoric acid groups is 1. The molecule has 0 aromatic carbocycles. The molecular weight excluding hydrogens is 734 g/mol. The summed E-state index contributed by atoms with van der Waals surface area (Å²) in [5.41, 5.74) is 5.92. The standard InChI is InChI=1S/C23H31F2N5O16P2S/c1-8(31)39-4-11(24)17-18(41-9(2)32)16(35)19(42-10(3)33)23(44-17)45-47(36,37)46-48(38,49)40-5-12-15(34)13(25)22(43-12)30-7-29-14-20(26)27-6-28-21(14)30/h6-7,11-13,15-19,22-23,34-35H,4-5H2,1-3H3,(H,36,37)(H,38,49)(H2,26,27,28)/t11-,12+,13+,15+,16?,17?,18?,19?,22+,23?,48?/m0/s1. The molecule has 7 unspecified atom stereocenters. The van der Waals surface area contributed by atoms with Crippen molar-refractivity contribution in [1.29, 1.82) is 0 Å². The highest BCUT2D eigenvalue weighted by Crippen LogP contribution is 2.62. The van der Waals surface area contributed by atoms with E-state index in [0.29, 0.717) is 0 Å². The molecule has 2 saturated heterocycles. The monoisotopic (exact) mass is 765 g/mol. The molecule has 0 saturated carbocycles. The van der Waals surface area contributed by atoms with E-state index in [1.807, 2.05) is 0 Å². The molecule has 0 aliphatic carbocycles. The van der Waals surface area contributed by atoms with Crippen molar-refractivity contribution < 1.29 is 84.8 Å². The van der Waals surface area contributed by atoms with E-state index in [1.54, 1.807) is 0 Å². The first-order valence-electron chi connectivity index (χ1n) is 13.9. The summed E-state index contributed by atoms with van der Waals surface area (Å²) in [6, 6.07) is 0. The van der Waals surface area contributed by atoms with Gasteiger partial charge in [0.15, 0.2) is 42.2 Å². The number of alkyl halides is 2. The van der Waals surface area contributed by atoms with Crippen molar-refractivity contribution in [2.75, 3.05) is 18.9 Å². The number of aromatic nitrogens is 4. The molecule has 274 valence electrons. The molecule has 2 fully saturated rings. The van der Waals surface area contributed by atoms with E-state index >= 15 is 8.78 Å². The molecule has 6 N–H and O–H groups in total. The number of anilines is 1. The minimum absolute atomic E-state index is 0.00934. The van der Waals surface area contributed by atoms with E-state index in [1.165, 1.54) is 0 Å². The van der Waals surface area contributed by atoms with Crippen molar-refractivity contribution in [3.05, 3.63) is 12.7 Å². The zero-order valence-corrected chi connectivity index (χ0v) is 28.1. The highest BCUT2D eigenvalue weighted by atomic mass is 32.5. The van der Waals surface area contributed by atoms with Crippen LogP contribution in [0.3, 0.4) is 0 Å². The van der Waals surface area contributed by atoms with Crippen LogP contribution in [-0.2, 0) is 67.8 Å². The summed E-state index contributed by atoms with van der Waals surface area (Å²) in [6.45, 7) is -4.05. The topological polar surface area (TPSA) is 293 Å². The van der Waals surface area contributed by atoms with E-state index in [-0.39, 0.29) is 17.0 Å². The van der Waals surface area contributed by atoms with Crippen molar-refractivity contribution in [1.82, 2.24) is 19.5 Å². The van der Waals surface area contributed by atoms with Crippen molar-refractivity contribution in [3.8, 4) is 0 Å². The molecule has 12 atom stereocenters. The second-order valence-electron chi connectivity index (χ2n) is 10.4. The summed E-state index contributed by atoms with van der Waals surface area (Å²) in [7, 11) is -5.69. The minimum Gasteiger partial charge on any atom is -0.463 e. The molecule has 0 spiro atoms. The molecule has 2 aromatic rings. The smallest absolute Gasteiger partial charge is 0.463 e. The zero-order chi connectivity index (χ0) is 36.4. The number of nitrogens with zero attached hydrogens (tertiary/aromatic N) is 4.